The molecule has 0 rings (SSSR count). The Hall–Kier alpha value is -1.68. The zero-order valence-electron chi connectivity index (χ0n) is 14.5. The summed E-state index contributed by atoms with van der Waals surface area (Å²) < 4.78 is 9.84. The van der Waals surface area contributed by atoms with E-state index >= 15 is 0 Å². The summed E-state index contributed by atoms with van der Waals surface area (Å²) in [4.78, 5) is 23.8. The van der Waals surface area contributed by atoms with Gasteiger partial charge in [-0.05, 0) is 20.3 Å². The molecule has 1 unspecified atom stereocenters. The van der Waals surface area contributed by atoms with Crippen LogP contribution in [0.5, 0.6) is 0 Å². The lowest BCUT2D eigenvalue weighted by molar-refractivity contribution is 0.0634. The van der Waals surface area contributed by atoms with Gasteiger partial charge in [-0.3, -0.25) is 0 Å². The van der Waals surface area contributed by atoms with Gasteiger partial charge in [-0.25, -0.2) is 20.0 Å². The highest BCUT2D eigenvalue weighted by Crippen LogP contribution is 2.08. The van der Waals surface area contributed by atoms with E-state index in [-0.39, 0.29) is 13.2 Å². The highest BCUT2D eigenvalue weighted by Gasteiger charge is 2.26. The molecule has 0 aromatic rings. The fourth-order valence-corrected chi connectivity index (χ4v) is 2.14. The summed E-state index contributed by atoms with van der Waals surface area (Å²) in [6.07, 6.45) is 0.152. The molecule has 126 valence electrons. The number of rotatable bonds is 5. The summed E-state index contributed by atoms with van der Waals surface area (Å²) >= 11 is 0. The molecule has 1 atom stereocenters. The second-order valence-corrected chi connectivity index (χ2v) is 10.5. The lowest BCUT2D eigenvalue weighted by Crippen LogP contribution is -2.52. The molecule has 0 spiro atoms. The van der Waals surface area contributed by atoms with Crippen molar-refractivity contribution in [3.05, 3.63) is 0 Å². The molecule has 0 aliphatic rings. The van der Waals surface area contributed by atoms with Crippen molar-refractivity contribution >= 4 is 20.3 Å². The van der Waals surface area contributed by atoms with Crippen LogP contribution in [0.1, 0.15) is 33.6 Å². The third-order valence-electron chi connectivity index (χ3n) is 2.44. The number of hydrogen-bond donors (Lipinski definition) is 1. The zero-order chi connectivity index (χ0) is 17.2. The van der Waals surface area contributed by atoms with Crippen LogP contribution >= 0.6 is 0 Å². The number of carbonyl (C=O) groups excluding carboxylic acids is 2. The molecule has 22 heavy (non-hydrogen) atoms. The van der Waals surface area contributed by atoms with Crippen LogP contribution in [0, 0.1) is 11.5 Å². The van der Waals surface area contributed by atoms with Gasteiger partial charge in [0.2, 0.25) is 0 Å². The van der Waals surface area contributed by atoms with Crippen molar-refractivity contribution in [2.24, 2.45) is 0 Å². The van der Waals surface area contributed by atoms with Gasteiger partial charge in [0.05, 0.1) is 13.2 Å². The van der Waals surface area contributed by atoms with Crippen molar-refractivity contribution in [3.8, 4) is 11.5 Å². The fourth-order valence-electron chi connectivity index (χ4n) is 1.54. The molecule has 0 aromatic heterocycles. The SMILES string of the molecule is CCCC(C#C[Si](C)(C)C)N(NC(=O)OCC)C(=O)OCC. The Labute approximate surface area is 134 Å². The third-order valence-corrected chi connectivity index (χ3v) is 3.33. The number of hydrazine groups is 1. The first-order valence-electron chi connectivity index (χ1n) is 7.67. The minimum Gasteiger partial charge on any atom is -0.449 e. The van der Waals surface area contributed by atoms with Gasteiger partial charge in [0.1, 0.15) is 14.1 Å². The number of ether oxygens (including phenoxy) is 2. The summed E-state index contributed by atoms with van der Waals surface area (Å²) in [5.74, 6) is 3.11. The van der Waals surface area contributed by atoms with Crippen molar-refractivity contribution < 1.29 is 19.1 Å². The molecule has 0 fully saturated rings. The van der Waals surface area contributed by atoms with Crippen LogP contribution < -0.4 is 5.43 Å². The second kappa shape index (κ2) is 10.1. The molecule has 1 N–H and O–H groups in total. The van der Waals surface area contributed by atoms with Crippen molar-refractivity contribution in [3.63, 3.8) is 0 Å². The van der Waals surface area contributed by atoms with E-state index in [9.17, 15) is 9.59 Å². The van der Waals surface area contributed by atoms with Crippen LogP contribution in [-0.2, 0) is 9.47 Å². The quantitative estimate of drug-likeness (QED) is 0.478. The van der Waals surface area contributed by atoms with Crippen LogP contribution in [0.25, 0.3) is 0 Å². The van der Waals surface area contributed by atoms with Crippen LogP contribution in [0.3, 0.4) is 0 Å². The van der Waals surface area contributed by atoms with E-state index in [0.717, 1.165) is 11.4 Å². The number of hydrogen-bond acceptors (Lipinski definition) is 4. The maximum atomic E-state index is 12.1. The largest absolute Gasteiger partial charge is 0.449 e. The molecule has 0 aliphatic heterocycles. The molecule has 2 amide bonds. The summed E-state index contributed by atoms with van der Waals surface area (Å²) in [5.41, 5.74) is 5.67. The minimum absolute atomic E-state index is 0.222. The molecular weight excluding hydrogens is 300 g/mol. The number of nitrogens with zero attached hydrogens (tertiary/aromatic N) is 1. The number of nitrogens with one attached hydrogen (secondary N) is 1. The van der Waals surface area contributed by atoms with E-state index in [4.69, 9.17) is 9.47 Å². The molecule has 0 radical (unpaired) electrons. The van der Waals surface area contributed by atoms with Gasteiger partial charge in [-0.1, -0.05) is 38.9 Å². The van der Waals surface area contributed by atoms with E-state index in [1.807, 2.05) is 6.92 Å². The molecule has 6 nitrogen and oxygen atoms in total. The predicted molar refractivity (Wildman–Crippen MR) is 88.8 cm³/mol. The topological polar surface area (TPSA) is 67.9 Å². The Morgan fingerprint density at radius 3 is 2.18 bits per heavy atom. The van der Waals surface area contributed by atoms with Crippen LogP contribution in [-0.4, -0.2) is 44.5 Å². The fraction of sp³-hybridized carbons (Fsp3) is 0.733. The zero-order valence-corrected chi connectivity index (χ0v) is 15.5. The van der Waals surface area contributed by atoms with Gasteiger partial charge in [0.25, 0.3) is 0 Å². The predicted octanol–water partition coefficient (Wildman–Crippen LogP) is 3.16. The van der Waals surface area contributed by atoms with Crippen molar-refractivity contribution in [2.45, 2.75) is 59.3 Å². The molecule has 7 heteroatoms. The van der Waals surface area contributed by atoms with Gasteiger partial charge in [-0.15, -0.1) is 5.54 Å². The summed E-state index contributed by atoms with van der Waals surface area (Å²) in [6, 6.07) is -0.430. The van der Waals surface area contributed by atoms with E-state index in [1.54, 1.807) is 13.8 Å². The molecule has 0 aromatic carbocycles. The Morgan fingerprint density at radius 1 is 1.14 bits per heavy atom. The molecular formula is C15H28N2O4Si. The molecule has 0 saturated carbocycles. The van der Waals surface area contributed by atoms with Crippen LogP contribution in [0.2, 0.25) is 19.6 Å². The molecule has 0 saturated heterocycles. The van der Waals surface area contributed by atoms with E-state index in [0.29, 0.717) is 6.42 Å². The van der Waals surface area contributed by atoms with Crippen molar-refractivity contribution in [1.29, 1.82) is 0 Å². The van der Waals surface area contributed by atoms with E-state index in [2.05, 4.69) is 36.5 Å². The maximum Gasteiger partial charge on any atom is 0.429 e. The monoisotopic (exact) mass is 328 g/mol. The highest BCUT2D eigenvalue weighted by atomic mass is 28.3. The average molecular weight is 328 g/mol. The summed E-state index contributed by atoms with van der Waals surface area (Å²) in [6.45, 7) is 12.2. The maximum absolute atomic E-state index is 12.1. The number of carbonyl (C=O) groups is 2. The summed E-state index contributed by atoms with van der Waals surface area (Å²) in [7, 11) is -1.59. The molecule has 0 bridgehead atoms. The van der Waals surface area contributed by atoms with E-state index < -0.39 is 26.3 Å². The van der Waals surface area contributed by atoms with Crippen molar-refractivity contribution in [2.75, 3.05) is 13.2 Å². The summed E-state index contributed by atoms with van der Waals surface area (Å²) in [5, 5.41) is 1.14. The molecule has 0 heterocycles. The third kappa shape index (κ3) is 8.57. The van der Waals surface area contributed by atoms with E-state index in [1.165, 1.54) is 0 Å². The van der Waals surface area contributed by atoms with Gasteiger partial charge in [0, 0.05) is 0 Å². The highest BCUT2D eigenvalue weighted by molar-refractivity contribution is 6.83. The standard InChI is InChI=1S/C15H28N2O4Si/c1-7-10-13(11-12-22(4,5)6)17(15(19)21-9-3)16-14(18)20-8-2/h13H,7-10H2,1-6H3,(H,16,18). The van der Waals surface area contributed by atoms with Gasteiger partial charge in [0.15, 0.2) is 0 Å². The van der Waals surface area contributed by atoms with Crippen molar-refractivity contribution in [1.82, 2.24) is 10.4 Å². The second-order valence-electron chi connectivity index (χ2n) is 5.73. The normalized spacial score (nSPS) is 11.7. The lowest BCUT2D eigenvalue weighted by Gasteiger charge is -2.27. The Morgan fingerprint density at radius 2 is 1.73 bits per heavy atom. The van der Waals surface area contributed by atoms with Crippen LogP contribution in [0.4, 0.5) is 9.59 Å². The smallest absolute Gasteiger partial charge is 0.429 e. The van der Waals surface area contributed by atoms with Gasteiger partial charge >= 0.3 is 12.2 Å². The first-order chi connectivity index (χ1) is 10.2. The Kier molecular flexibility index (Phi) is 9.34. The first-order valence-corrected chi connectivity index (χ1v) is 11.2. The number of amides is 2. The minimum atomic E-state index is -1.59. The lowest BCUT2D eigenvalue weighted by atomic mass is 10.2. The molecule has 0 aliphatic carbocycles. The van der Waals surface area contributed by atoms with Gasteiger partial charge < -0.3 is 9.47 Å². The first kappa shape index (κ1) is 20.3. The average Bonchev–Trinajstić information content (AvgIpc) is 2.40. The Balaban J connectivity index is 5.29. The van der Waals surface area contributed by atoms with Gasteiger partial charge in [-0.2, -0.15) is 0 Å². The van der Waals surface area contributed by atoms with Crippen LogP contribution in [0.15, 0.2) is 0 Å². The Bertz CT molecular complexity index is 423.